The van der Waals surface area contributed by atoms with Gasteiger partial charge >= 0.3 is 12.0 Å². The summed E-state index contributed by atoms with van der Waals surface area (Å²) in [6, 6.07) is 2.96. The molecule has 1 unspecified atom stereocenters. The van der Waals surface area contributed by atoms with Crippen LogP contribution in [0.2, 0.25) is 5.02 Å². The number of rotatable bonds is 5. The van der Waals surface area contributed by atoms with E-state index in [-0.39, 0.29) is 12.5 Å². The van der Waals surface area contributed by atoms with Crippen LogP contribution >= 0.6 is 27.5 Å². The average molecular weight is 378 g/mol. The minimum Gasteiger partial charge on any atom is -0.481 e. The molecule has 0 saturated heterocycles. The van der Waals surface area contributed by atoms with Crippen LogP contribution in [0.1, 0.15) is 19.4 Å². The molecule has 0 aromatic heterocycles. The van der Waals surface area contributed by atoms with Crippen LogP contribution in [0.15, 0.2) is 16.6 Å². The summed E-state index contributed by atoms with van der Waals surface area (Å²) < 4.78 is 0.707. The van der Waals surface area contributed by atoms with Crippen LogP contribution in [0, 0.1) is 18.8 Å². The number of carboxylic acids is 1. The molecule has 5 nitrogen and oxygen atoms in total. The summed E-state index contributed by atoms with van der Waals surface area (Å²) in [5.41, 5.74) is 1.42. The maximum Gasteiger partial charge on any atom is 0.319 e. The second-order valence-electron chi connectivity index (χ2n) is 5.11. The quantitative estimate of drug-likeness (QED) is 0.728. The molecule has 1 aromatic carbocycles. The molecule has 0 radical (unpaired) electrons. The van der Waals surface area contributed by atoms with Crippen LogP contribution in [-0.2, 0) is 4.79 Å². The van der Waals surface area contributed by atoms with Gasteiger partial charge in [0.25, 0.3) is 0 Å². The molecule has 0 saturated carbocycles. The average Bonchev–Trinajstić information content (AvgIpc) is 2.35. The Morgan fingerprint density at radius 3 is 2.52 bits per heavy atom. The van der Waals surface area contributed by atoms with Gasteiger partial charge in [0.1, 0.15) is 0 Å². The molecule has 7 heteroatoms. The summed E-state index contributed by atoms with van der Waals surface area (Å²) in [5, 5.41) is 14.8. The van der Waals surface area contributed by atoms with Gasteiger partial charge in [-0.3, -0.25) is 4.79 Å². The first kappa shape index (κ1) is 17.8. The molecule has 0 spiro atoms. The van der Waals surface area contributed by atoms with Crippen LogP contribution in [0.3, 0.4) is 0 Å². The van der Waals surface area contributed by atoms with E-state index in [1.807, 2.05) is 6.92 Å². The number of amides is 2. The Morgan fingerprint density at radius 1 is 1.38 bits per heavy atom. The van der Waals surface area contributed by atoms with Gasteiger partial charge in [-0.15, -0.1) is 0 Å². The van der Waals surface area contributed by atoms with Crippen LogP contribution in [-0.4, -0.2) is 23.7 Å². The maximum absolute atomic E-state index is 11.8. The van der Waals surface area contributed by atoms with Crippen LogP contribution < -0.4 is 10.6 Å². The molecule has 3 N–H and O–H groups in total. The fourth-order valence-corrected chi connectivity index (χ4v) is 2.44. The third-order valence-electron chi connectivity index (χ3n) is 3.10. The number of hydrogen-bond donors (Lipinski definition) is 3. The minimum absolute atomic E-state index is 0.0655. The molecule has 1 aromatic rings. The van der Waals surface area contributed by atoms with E-state index < -0.39 is 17.9 Å². The zero-order chi connectivity index (χ0) is 16.2. The van der Waals surface area contributed by atoms with E-state index in [1.165, 1.54) is 0 Å². The van der Waals surface area contributed by atoms with Gasteiger partial charge in [0.05, 0.1) is 11.6 Å². The van der Waals surface area contributed by atoms with Crippen LogP contribution in [0.5, 0.6) is 0 Å². The summed E-state index contributed by atoms with van der Waals surface area (Å²) >= 11 is 9.35. The van der Waals surface area contributed by atoms with Crippen molar-refractivity contribution >= 4 is 45.2 Å². The largest absolute Gasteiger partial charge is 0.481 e. The van der Waals surface area contributed by atoms with Gasteiger partial charge in [0.2, 0.25) is 0 Å². The molecule has 1 atom stereocenters. The van der Waals surface area contributed by atoms with E-state index >= 15 is 0 Å². The number of carbonyl (C=O) groups excluding carboxylic acids is 1. The lowest BCUT2D eigenvalue weighted by Crippen LogP contribution is -2.37. The van der Waals surface area contributed by atoms with Crippen molar-refractivity contribution in [3.05, 3.63) is 27.2 Å². The van der Waals surface area contributed by atoms with E-state index in [0.29, 0.717) is 15.2 Å². The highest BCUT2D eigenvalue weighted by molar-refractivity contribution is 9.10. The highest BCUT2D eigenvalue weighted by Crippen LogP contribution is 2.29. The molecular formula is C14H18BrClN2O3. The predicted molar refractivity (Wildman–Crippen MR) is 86.9 cm³/mol. The summed E-state index contributed by atoms with van der Waals surface area (Å²) in [6.45, 7) is 5.52. The normalized spacial score (nSPS) is 12.1. The smallest absolute Gasteiger partial charge is 0.319 e. The number of hydrogen-bond acceptors (Lipinski definition) is 2. The Bertz CT molecular complexity index is 549. The Balaban J connectivity index is 2.66. The molecule has 0 aliphatic carbocycles. The zero-order valence-electron chi connectivity index (χ0n) is 12.0. The molecular weight excluding hydrogens is 360 g/mol. The van der Waals surface area contributed by atoms with E-state index in [0.717, 1.165) is 5.56 Å². The van der Waals surface area contributed by atoms with Gasteiger partial charge in [-0.25, -0.2) is 4.79 Å². The number of aryl methyl sites for hydroxylation is 1. The maximum atomic E-state index is 11.8. The molecule has 0 bridgehead atoms. The first-order valence-electron chi connectivity index (χ1n) is 6.45. The summed E-state index contributed by atoms with van der Waals surface area (Å²) in [7, 11) is 0. The van der Waals surface area contributed by atoms with Gasteiger partial charge in [0.15, 0.2) is 0 Å². The second-order valence-corrected chi connectivity index (χ2v) is 6.37. The van der Waals surface area contributed by atoms with Crippen molar-refractivity contribution < 1.29 is 14.7 Å². The van der Waals surface area contributed by atoms with Gasteiger partial charge in [-0.1, -0.05) is 25.4 Å². The highest BCUT2D eigenvalue weighted by Gasteiger charge is 2.22. The van der Waals surface area contributed by atoms with Crippen molar-refractivity contribution in [2.75, 3.05) is 11.9 Å². The Labute approximate surface area is 137 Å². The lowest BCUT2D eigenvalue weighted by molar-refractivity contribution is -0.142. The summed E-state index contributed by atoms with van der Waals surface area (Å²) in [6.07, 6.45) is 0. The fourth-order valence-electron chi connectivity index (χ4n) is 1.72. The Hall–Kier alpha value is -1.27. The number of benzene rings is 1. The lowest BCUT2D eigenvalue weighted by Gasteiger charge is -2.17. The molecule has 0 heterocycles. The number of halogens is 2. The van der Waals surface area contributed by atoms with Crippen molar-refractivity contribution in [1.82, 2.24) is 5.32 Å². The number of carboxylic acid groups (broad SMARTS) is 1. The van der Waals surface area contributed by atoms with Gasteiger partial charge in [0, 0.05) is 16.0 Å². The predicted octanol–water partition coefficient (Wildman–Crippen LogP) is 3.89. The fraction of sp³-hybridized carbons (Fsp3) is 0.429. The first-order chi connectivity index (χ1) is 9.72. The lowest BCUT2D eigenvalue weighted by atomic mass is 9.96. The standard InChI is InChI=1S/C14H18BrClN2O3/c1-7(2)9(13(19)20)6-17-14(21)18-12-5-11(16)8(3)4-10(12)15/h4-5,7,9H,6H2,1-3H3,(H,19,20)(H2,17,18,21). The molecule has 0 aliphatic heterocycles. The molecule has 21 heavy (non-hydrogen) atoms. The second kappa shape index (κ2) is 7.66. The molecule has 116 valence electrons. The highest BCUT2D eigenvalue weighted by atomic mass is 79.9. The van der Waals surface area contributed by atoms with E-state index in [9.17, 15) is 9.59 Å². The van der Waals surface area contributed by atoms with Crippen LogP contribution in [0.4, 0.5) is 10.5 Å². The Morgan fingerprint density at radius 2 is 2.00 bits per heavy atom. The van der Waals surface area contributed by atoms with Gasteiger partial charge in [-0.2, -0.15) is 0 Å². The van der Waals surface area contributed by atoms with Crippen molar-refractivity contribution in [2.45, 2.75) is 20.8 Å². The molecule has 0 fully saturated rings. The van der Waals surface area contributed by atoms with Crippen molar-refractivity contribution in [3.63, 3.8) is 0 Å². The van der Waals surface area contributed by atoms with E-state index in [1.54, 1.807) is 26.0 Å². The number of urea groups is 1. The Kier molecular flexibility index (Phi) is 6.48. The van der Waals surface area contributed by atoms with Crippen LogP contribution in [0.25, 0.3) is 0 Å². The number of anilines is 1. The van der Waals surface area contributed by atoms with E-state index in [2.05, 4.69) is 26.6 Å². The summed E-state index contributed by atoms with van der Waals surface area (Å²) in [4.78, 5) is 22.9. The number of aliphatic carboxylic acids is 1. The monoisotopic (exact) mass is 376 g/mol. The third kappa shape index (κ3) is 5.21. The van der Waals surface area contributed by atoms with Gasteiger partial charge in [-0.05, 0) is 46.5 Å². The van der Waals surface area contributed by atoms with Crippen molar-refractivity contribution in [1.29, 1.82) is 0 Å². The van der Waals surface area contributed by atoms with E-state index in [4.69, 9.17) is 16.7 Å². The molecule has 1 rings (SSSR count). The number of carbonyl (C=O) groups is 2. The molecule has 0 aliphatic rings. The third-order valence-corrected chi connectivity index (χ3v) is 4.16. The van der Waals surface area contributed by atoms with Crippen molar-refractivity contribution in [2.24, 2.45) is 11.8 Å². The topological polar surface area (TPSA) is 78.4 Å². The zero-order valence-corrected chi connectivity index (χ0v) is 14.4. The number of nitrogens with one attached hydrogen (secondary N) is 2. The van der Waals surface area contributed by atoms with Crippen molar-refractivity contribution in [3.8, 4) is 0 Å². The SMILES string of the molecule is Cc1cc(Br)c(NC(=O)NCC(C(=O)O)C(C)C)cc1Cl. The first-order valence-corrected chi connectivity index (χ1v) is 7.62. The van der Waals surface area contributed by atoms with Gasteiger partial charge < -0.3 is 15.7 Å². The molecule has 2 amide bonds. The summed E-state index contributed by atoms with van der Waals surface area (Å²) in [5.74, 6) is -1.62. The minimum atomic E-state index is -0.926.